The average Bonchev–Trinajstić information content (AvgIpc) is 2.20. The molecule has 1 unspecified atom stereocenters. The lowest BCUT2D eigenvalue weighted by Crippen LogP contribution is -2.41. The molecule has 0 spiro atoms. The van der Waals surface area contributed by atoms with Crippen molar-refractivity contribution >= 4 is 14.3 Å². The molecule has 4 heteroatoms. The predicted molar refractivity (Wildman–Crippen MR) is 78.1 cm³/mol. The number of hydrogen-bond donors (Lipinski definition) is 0. The molecule has 0 saturated heterocycles. The first-order valence-corrected chi connectivity index (χ1v) is 9.44. The van der Waals surface area contributed by atoms with Gasteiger partial charge in [0, 0.05) is 13.5 Å². The molecule has 0 amide bonds. The first kappa shape index (κ1) is 17.4. The minimum Gasteiger partial charge on any atom is -0.458 e. The molecule has 18 heavy (non-hydrogen) atoms. The van der Waals surface area contributed by atoms with Gasteiger partial charge >= 0.3 is 5.97 Å². The van der Waals surface area contributed by atoms with Crippen LogP contribution in [0.15, 0.2) is 12.7 Å². The molecule has 1 atom stereocenters. The molecule has 0 aliphatic rings. The van der Waals surface area contributed by atoms with Crippen LogP contribution in [0, 0.1) is 0 Å². The van der Waals surface area contributed by atoms with E-state index in [1.54, 1.807) is 6.08 Å². The van der Waals surface area contributed by atoms with Crippen molar-refractivity contribution in [2.24, 2.45) is 0 Å². The summed E-state index contributed by atoms with van der Waals surface area (Å²) in [5, 5.41) is 0.237. The van der Waals surface area contributed by atoms with Crippen molar-refractivity contribution in [2.75, 3.05) is 6.61 Å². The summed E-state index contributed by atoms with van der Waals surface area (Å²) >= 11 is 0. The van der Waals surface area contributed by atoms with Crippen molar-refractivity contribution in [3.8, 4) is 0 Å². The van der Waals surface area contributed by atoms with Crippen LogP contribution < -0.4 is 0 Å². The Morgan fingerprint density at radius 2 is 1.94 bits per heavy atom. The second kappa shape index (κ2) is 7.09. The van der Waals surface area contributed by atoms with Gasteiger partial charge in [0.25, 0.3) is 0 Å². The summed E-state index contributed by atoms with van der Waals surface area (Å²) < 4.78 is 11.2. The molecule has 3 nitrogen and oxygen atoms in total. The van der Waals surface area contributed by atoms with Gasteiger partial charge in [0.15, 0.2) is 8.32 Å². The Morgan fingerprint density at radius 1 is 1.39 bits per heavy atom. The van der Waals surface area contributed by atoms with E-state index in [0.29, 0.717) is 0 Å². The van der Waals surface area contributed by atoms with Crippen LogP contribution in [0.1, 0.15) is 40.5 Å². The Balaban J connectivity index is 3.99. The van der Waals surface area contributed by atoms with E-state index in [1.165, 1.54) is 6.92 Å². The maximum Gasteiger partial charge on any atom is 0.303 e. The summed E-state index contributed by atoms with van der Waals surface area (Å²) in [6, 6.07) is 0. The van der Waals surface area contributed by atoms with E-state index in [9.17, 15) is 4.79 Å². The lowest BCUT2D eigenvalue weighted by Gasteiger charge is -2.36. The highest BCUT2D eigenvalue weighted by Gasteiger charge is 2.36. The molecule has 106 valence electrons. The Labute approximate surface area is 113 Å². The fraction of sp³-hybridized carbons (Fsp3) is 0.786. The molecule has 0 aromatic rings. The van der Waals surface area contributed by atoms with E-state index in [0.717, 1.165) is 19.4 Å². The number of carbonyl (C=O) groups is 1. The molecular weight excluding hydrogens is 244 g/mol. The normalized spacial score (nSPS) is 14.1. The second-order valence-corrected chi connectivity index (χ2v) is 10.9. The third-order valence-corrected chi connectivity index (χ3v) is 8.02. The van der Waals surface area contributed by atoms with Crippen LogP contribution >= 0.6 is 0 Å². The second-order valence-electron chi connectivity index (χ2n) is 6.13. The van der Waals surface area contributed by atoms with Gasteiger partial charge in [0.1, 0.15) is 6.10 Å². The van der Waals surface area contributed by atoms with Gasteiger partial charge in [0.05, 0.1) is 0 Å². The van der Waals surface area contributed by atoms with Gasteiger partial charge in [-0.3, -0.25) is 4.79 Å². The van der Waals surface area contributed by atoms with Gasteiger partial charge < -0.3 is 9.16 Å². The van der Waals surface area contributed by atoms with Gasteiger partial charge in [-0.2, -0.15) is 0 Å². The fourth-order valence-electron chi connectivity index (χ4n) is 1.27. The molecule has 0 radical (unpaired) electrons. The Kier molecular flexibility index (Phi) is 6.85. The van der Waals surface area contributed by atoms with E-state index >= 15 is 0 Å². The maximum absolute atomic E-state index is 10.8. The summed E-state index contributed by atoms with van der Waals surface area (Å²) in [5.74, 6) is -0.259. The molecule has 0 rings (SSSR count). The molecule has 0 N–H and O–H groups in total. The highest BCUT2D eigenvalue weighted by Crippen LogP contribution is 2.36. The lowest BCUT2D eigenvalue weighted by atomic mass is 10.2. The summed E-state index contributed by atoms with van der Waals surface area (Å²) in [4.78, 5) is 10.8. The quantitative estimate of drug-likeness (QED) is 0.305. The van der Waals surface area contributed by atoms with Crippen LogP contribution in [-0.2, 0) is 14.0 Å². The van der Waals surface area contributed by atoms with E-state index in [1.807, 2.05) is 0 Å². The number of carbonyl (C=O) groups excluding carboxylic acids is 1. The first-order valence-electron chi connectivity index (χ1n) is 6.54. The van der Waals surface area contributed by atoms with Crippen molar-refractivity contribution in [3.63, 3.8) is 0 Å². The van der Waals surface area contributed by atoms with E-state index in [4.69, 9.17) is 9.16 Å². The smallest absolute Gasteiger partial charge is 0.303 e. The van der Waals surface area contributed by atoms with Crippen molar-refractivity contribution < 1.29 is 14.0 Å². The van der Waals surface area contributed by atoms with Gasteiger partial charge in [-0.05, 0) is 31.0 Å². The maximum atomic E-state index is 10.8. The molecule has 0 fully saturated rings. The molecule has 0 heterocycles. The molecule has 0 bridgehead atoms. The zero-order chi connectivity index (χ0) is 14.4. The van der Waals surface area contributed by atoms with Crippen molar-refractivity contribution in [1.82, 2.24) is 0 Å². The van der Waals surface area contributed by atoms with E-state index < -0.39 is 8.32 Å². The number of ether oxygens (including phenoxy) is 1. The standard InChI is InChI=1S/C14H28O3Si/c1-8-13(17-12(2)15)10-9-11-16-18(6,7)14(3,4)5/h8,13H,1,9-11H2,2-7H3. The highest BCUT2D eigenvalue weighted by molar-refractivity contribution is 6.74. The molecule has 0 saturated carbocycles. The molecule has 0 aromatic carbocycles. The Hall–Kier alpha value is -0.613. The molecule has 0 aliphatic heterocycles. The molecule has 0 aliphatic carbocycles. The number of esters is 1. The van der Waals surface area contributed by atoms with Gasteiger partial charge in [-0.15, -0.1) is 0 Å². The van der Waals surface area contributed by atoms with Crippen molar-refractivity contribution in [2.45, 2.75) is 64.8 Å². The minimum atomic E-state index is -1.65. The minimum absolute atomic E-state index is 0.189. The zero-order valence-electron chi connectivity index (χ0n) is 12.7. The lowest BCUT2D eigenvalue weighted by molar-refractivity contribution is -0.144. The van der Waals surface area contributed by atoms with E-state index in [2.05, 4.69) is 40.4 Å². The van der Waals surface area contributed by atoms with Gasteiger partial charge in [0.2, 0.25) is 0 Å². The Bertz CT molecular complexity index is 279. The molecular formula is C14H28O3Si. The highest BCUT2D eigenvalue weighted by atomic mass is 28.4. The largest absolute Gasteiger partial charge is 0.458 e. The third kappa shape index (κ3) is 6.35. The van der Waals surface area contributed by atoms with Gasteiger partial charge in [-0.1, -0.05) is 33.4 Å². The van der Waals surface area contributed by atoms with Crippen LogP contribution in [-0.4, -0.2) is 27.0 Å². The average molecular weight is 272 g/mol. The fourth-order valence-corrected chi connectivity index (χ4v) is 2.35. The van der Waals surface area contributed by atoms with Gasteiger partial charge in [-0.25, -0.2) is 0 Å². The third-order valence-electron chi connectivity index (χ3n) is 3.48. The summed E-state index contributed by atoms with van der Waals surface area (Å²) in [5.41, 5.74) is 0. The zero-order valence-corrected chi connectivity index (χ0v) is 13.7. The monoisotopic (exact) mass is 272 g/mol. The summed E-state index contributed by atoms with van der Waals surface area (Å²) in [6.45, 7) is 17.0. The van der Waals surface area contributed by atoms with Crippen LogP contribution in [0.25, 0.3) is 0 Å². The summed E-state index contributed by atoms with van der Waals surface area (Å²) in [6.07, 6.45) is 3.15. The first-order chi connectivity index (χ1) is 8.10. The predicted octanol–water partition coefficient (Wildman–Crippen LogP) is 3.91. The van der Waals surface area contributed by atoms with Crippen LogP contribution in [0.3, 0.4) is 0 Å². The van der Waals surface area contributed by atoms with Crippen molar-refractivity contribution in [3.05, 3.63) is 12.7 Å². The van der Waals surface area contributed by atoms with Crippen LogP contribution in [0.4, 0.5) is 0 Å². The van der Waals surface area contributed by atoms with Crippen LogP contribution in [0.5, 0.6) is 0 Å². The van der Waals surface area contributed by atoms with E-state index in [-0.39, 0.29) is 17.1 Å². The topological polar surface area (TPSA) is 35.5 Å². The molecule has 0 aromatic heterocycles. The van der Waals surface area contributed by atoms with Crippen molar-refractivity contribution in [1.29, 1.82) is 0 Å². The summed E-state index contributed by atoms with van der Waals surface area (Å²) in [7, 11) is -1.65. The number of rotatable bonds is 7. The van der Waals surface area contributed by atoms with Crippen LogP contribution in [0.2, 0.25) is 18.1 Å². The SMILES string of the molecule is C=CC(CCCO[Si](C)(C)C(C)(C)C)OC(C)=O. The number of hydrogen-bond acceptors (Lipinski definition) is 3. The Morgan fingerprint density at radius 3 is 2.33 bits per heavy atom.